The van der Waals surface area contributed by atoms with E-state index in [-0.39, 0.29) is 25.8 Å². The van der Waals surface area contributed by atoms with Gasteiger partial charge < -0.3 is 27.9 Å². The zero-order valence-electron chi connectivity index (χ0n) is 38.0. The van der Waals surface area contributed by atoms with Crippen LogP contribution in [0.2, 0.25) is 0 Å². The third kappa shape index (κ3) is 45.7. The van der Waals surface area contributed by atoms with Crippen LogP contribution in [-0.4, -0.2) is 70.7 Å². The number of carbonyl (C=O) groups excluding carboxylic acids is 1. The Morgan fingerprint density at radius 1 is 0.561 bits per heavy atom. The molecule has 8 nitrogen and oxygen atoms in total. The van der Waals surface area contributed by atoms with Gasteiger partial charge in [-0.15, -0.1) is 0 Å². The van der Waals surface area contributed by atoms with Gasteiger partial charge in [0.15, 0.2) is 0 Å². The quantitative estimate of drug-likeness (QED) is 0.0198. The van der Waals surface area contributed by atoms with Gasteiger partial charge in [-0.1, -0.05) is 192 Å². The Balaban J connectivity index is 4.18. The number of unbranched alkanes of at least 4 members (excludes halogenated alkanes) is 24. The molecule has 0 spiro atoms. The molecule has 0 saturated heterocycles. The number of phosphoric ester groups is 1. The lowest BCUT2D eigenvalue weighted by atomic mass is 10.0. The molecule has 0 amide bonds. The fraction of sp³-hybridized carbons (Fsp3) is 0.854. The van der Waals surface area contributed by atoms with Crippen LogP contribution in [0.25, 0.3) is 0 Å². The molecule has 9 heteroatoms. The third-order valence-corrected chi connectivity index (χ3v) is 11.2. The first-order valence-electron chi connectivity index (χ1n) is 23.7. The number of ether oxygens (including phenoxy) is 2. The molecule has 0 bridgehead atoms. The highest BCUT2D eigenvalue weighted by atomic mass is 31.2. The summed E-state index contributed by atoms with van der Waals surface area (Å²) in [4.78, 5) is 25.1. The minimum atomic E-state index is -4.53. The molecule has 0 aliphatic heterocycles. The molecule has 0 aromatic carbocycles. The van der Waals surface area contributed by atoms with E-state index < -0.39 is 13.9 Å². The molecule has 57 heavy (non-hydrogen) atoms. The molecule has 0 aliphatic carbocycles. The Morgan fingerprint density at radius 3 is 1.53 bits per heavy atom. The number of rotatable bonds is 44. The smallest absolute Gasteiger partial charge is 0.306 e. The van der Waals surface area contributed by atoms with Crippen LogP contribution in [0.4, 0.5) is 0 Å². The maximum Gasteiger partial charge on any atom is 0.306 e. The molecule has 336 valence electrons. The standard InChI is InChI=1S/C48H92NO7P/c1-6-8-10-12-14-16-18-20-22-24-26-28-30-32-34-36-38-40-43-53-45-47(46-55-57(51,52)54-44-42-49(3,4)5)56-48(50)41-39-37-35-33-31-29-27-25-23-21-19-17-15-13-11-9-7-2/h8,10,14,16,20,22,47H,6-7,9,11-13,15,17-19,21,23-46H2,1-5H3/b10-8-,16-14-,22-20-. The number of quaternary nitrogens is 1. The Labute approximate surface area is 353 Å². The number of hydrogen-bond acceptors (Lipinski definition) is 7. The number of allylic oxidation sites excluding steroid dienone is 6. The number of hydrogen-bond donors (Lipinski definition) is 0. The Bertz CT molecular complexity index is 1010. The summed E-state index contributed by atoms with van der Waals surface area (Å²) >= 11 is 0. The molecule has 0 fully saturated rings. The average molecular weight is 826 g/mol. The highest BCUT2D eigenvalue weighted by molar-refractivity contribution is 7.45. The van der Waals surface area contributed by atoms with Crippen molar-refractivity contribution in [1.82, 2.24) is 0 Å². The van der Waals surface area contributed by atoms with Gasteiger partial charge in [0.25, 0.3) is 7.82 Å². The van der Waals surface area contributed by atoms with Gasteiger partial charge in [-0.2, -0.15) is 0 Å². The van der Waals surface area contributed by atoms with Crippen molar-refractivity contribution < 1.29 is 37.3 Å². The molecule has 0 N–H and O–H groups in total. The summed E-state index contributed by atoms with van der Waals surface area (Å²) in [7, 11) is 1.36. The number of likely N-dealkylation sites (N-methyl/N-ethyl adjacent to an activating group) is 1. The summed E-state index contributed by atoms with van der Waals surface area (Å²) in [5, 5.41) is 0. The van der Waals surface area contributed by atoms with E-state index in [1.165, 1.54) is 128 Å². The highest BCUT2D eigenvalue weighted by Crippen LogP contribution is 2.38. The topological polar surface area (TPSA) is 94.1 Å². The second kappa shape index (κ2) is 41.5. The molecule has 0 rings (SSSR count). The summed E-state index contributed by atoms with van der Waals surface area (Å²) in [6.45, 7) is 5.31. The molecule has 0 aliphatic rings. The lowest BCUT2D eigenvalue weighted by molar-refractivity contribution is -0.870. The Morgan fingerprint density at radius 2 is 1.02 bits per heavy atom. The monoisotopic (exact) mass is 826 g/mol. The second-order valence-electron chi connectivity index (χ2n) is 17.1. The van der Waals surface area contributed by atoms with Crippen molar-refractivity contribution in [1.29, 1.82) is 0 Å². The van der Waals surface area contributed by atoms with Gasteiger partial charge >= 0.3 is 5.97 Å². The zero-order valence-corrected chi connectivity index (χ0v) is 38.9. The molecule has 2 atom stereocenters. The predicted octanol–water partition coefficient (Wildman–Crippen LogP) is 13.5. The van der Waals surface area contributed by atoms with Crippen molar-refractivity contribution in [2.24, 2.45) is 0 Å². The van der Waals surface area contributed by atoms with E-state index in [1.807, 2.05) is 21.1 Å². The molecule has 2 unspecified atom stereocenters. The second-order valence-corrected chi connectivity index (χ2v) is 18.5. The van der Waals surface area contributed by atoms with Gasteiger partial charge in [0.2, 0.25) is 0 Å². The van der Waals surface area contributed by atoms with E-state index >= 15 is 0 Å². The first-order valence-corrected chi connectivity index (χ1v) is 25.2. The van der Waals surface area contributed by atoms with Crippen LogP contribution >= 0.6 is 7.82 Å². The molecule has 0 saturated carbocycles. The molecule has 0 heterocycles. The van der Waals surface area contributed by atoms with Crippen molar-refractivity contribution >= 4 is 13.8 Å². The summed E-state index contributed by atoms with van der Waals surface area (Å²) in [6.07, 6.45) is 48.7. The van der Waals surface area contributed by atoms with Crippen LogP contribution in [0, 0.1) is 0 Å². The normalized spacial score (nSPS) is 14.0. The van der Waals surface area contributed by atoms with E-state index in [1.54, 1.807) is 0 Å². The van der Waals surface area contributed by atoms with Crippen LogP contribution in [0.3, 0.4) is 0 Å². The fourth-order valence-electron chi connectivity index (χ4n) is 6.56. The zero-order chi connectivity index (χ0) is 42.0. The lowest BCUT2D eigenvalue weighted by Gasteiger charge is -2.28. The first-order chi connectivity index (χ1) is 27.6. The first kappa shape index (κ1) is 55.7. The van der Waals surface area contributed by atoms with E-state index in [0.717, 1.165) is 57.8 Å². The van der Waals surface area contributed by atoms with Crippen LogP contribution in [0.15, 0.2) is 36.5 Å². The Kier molecular flexibility index (Phi) is 40.5. The van der Waals surface area contributed by atoms with Crippen LogP contribution in [0.1, 0.15) is 206 Å². The largest absolute Gasteiger partial charge is 0.756 e. The van der Waals surface area contributed by atoms with Crippen molar-refractivity contribution in [2.45, 2.75) is 213 Å². The van der Waals surface area contributed by atoms with Gasteiger partial charge in [0.05, 0.1) is 34.4 Å². The van der Waals surface area contributed by atoms with E-state index in [0.29, 0.717) is 24.1 Å². The molecule has 0 radical (unpaired) electrons. The van der Waals surface area contributed by atoms with Crippen molar-refractivity contribution in [2.75, 3.05) is 54.1 Å². The van der Waals surface area contributed by atoms with Crippen molar-refractivity contribution in [3.8, 4) is 0 Å². The lowest BCUT2D eigenvalue weighted by Crippen LogP contribution is -2.37. The van der Waals surface area contributed by atoms with Gasteiger partial charge in [-0.05, 0) is 44.9 Å². The maximum absolute atomic E-state index is 12.7. The number of nitrogens with zero attached hydrogens (tertiary/aromatic N) is 1. The molecular formula is C48H92NO7P. The fourth-order valence-corrected chi connectivity index (χ4v) is 7.29. The predicted molar refractivity (Wildman–Crippen MR) is 240 cm³/mol. The summed E-state index contributed by atoms with van der Waals surface area (Å²) in [5.41, 5.74) is 0. The van der Waals surface area contributed by atoms with Gasteiger partial charge in [0.1, 0.15) is 19.3 Å². The minimum Gasteiger partial charge on any atom is -0.756 e. The average Bonchev–Trinajstić information content (AvgIpc) is 3.16. The molecule has 0 aromatic rings. The van der Waals surface area contributed by atoms with Gasteiger partial charge in [-0.3, -0.25) is 9.36 Å². The van der Waals surface area contributed by atoms with Crippen molar-refractivity contribution in [3.63, 3.8) is 0 Å². The van der Waals surface area contributed by atoms with Gasteiger partial charge in [-0.25, -0.2) is 0 Å². The molecular weight excluding hydrogens is 734 g/mol. The van der Waals surface area contributed by atoms with Crippen LogP contribution < -0.4 is 4.89 Å². The maximum atomic E-state index is 12.7. The van der Waals surface area contributed by atoms with E-state index in [9.17, 15) is 14.3 Å². The number of esters is 1. The summed E-state index contributed by atoms with van der Waals surface area (Å²) < 4.78 is 34.7. The van der Waals surface area contributed by atoms with Crippen LogP contribution in [0.5, 0.6) is 0 Å². The number of phosphoric acid groups is 1. The van der Waals surface area contributed by atoms with E-state index in [2.05, 4.69) is 50.3 Å². The van der Waals surface area contributed by atoms with Crippen molar-refractivity contribution in [3.05, 3.63) is 36.5 Å². The highest BCUT2D eigenvalue weighted by Gasteiger charge is 2.20. The summed E-state index contributed by atoms with van der Waals surface area (Å²) in [6, 6.07) is 0. The third-order valence-electron chi connectivity index (χ3n) is 10.2. The Hall–Kier alpha value is -1.28. The molecule has 0 aromatic heterocycles. The summed E-state index contributed by atoms with van der Waals surface area (Å²) in [5.74, 6) is -0.334. The SMILES string of the molecule is CC/C=C\C/C=C\C/C=C\CCCCCCCCCCOCC(COP(=O)([O-])OCC[N+](C)(C)C)OC(=O)CCCCCCCCCCCCCCCCCCC. The minimum absolute atomic E-state index is 0.0255. The van der Waals surface area contributed by atoms with Crippen LogP contribution in [-0.2, 0) is 27.9 Å². The number of carbonyl (C=O) groups is 1. The van der Waals surface area contributed by atoms with Gasteiger partial charge in [0, 0.05) is 13.0 Å². The van der Waals surface area contributed by atoms with E-state index in [4.69, 9.17) is 18.5 Å².